The van der Waals surface area contributed by atoms with Gasteiger partial charge in [0.2, 0.25) is 5.91 Å². The molecule has 1 aromatic carbocycles. The van der Waals surface area contributed by atoms with E-state index >= 15 is 0 Å². The van der Waals surface area contributed by atoms with Crippen molar-refractivity contribution in [2.75, 3.05) is 27.2 Å². The molecule has 1 amide bonds. The van der Waals surface area contributed by atoms with E-state index in [1.807, 2.05) is 31.3 Å². The highest BCUT2D eigenvalue weighted by molar-refractivity contribution is 5.85. The molecular weight excluding hydrogens is 288 g/mol. The number of hydrogen-bond donors (Lipinski definition) is 1. The number of benzene rings is 1. The van der Waals surface area contributed by atoms with Crippen molar-refractivity contribution in [2.24, 2.45) is 11.1 Å². The van der Waals surface area contributed by atoms with Gasteiger partial charge in [0.1, 0.15) is 5.75 Å². The van der Waals surface area contributed by atoms with Crippen molar-refractivity contribution < 1.29 is 9.53 Å². The van der Waals surface area contributed by atoms with Gasteiger partial charge in [0, 0.05) is 20.0 Å². The van der Waals surface area contributed by atoms with Crippen LogP contribution in [0.4, 0.5) is 0 Å². The molecule has 1 rings (SSSR count). The second-order valence-corrected chi connectivity index (χ2v) is 5.97. The summed E-state index contributed by atoms with van der Waals surface area (Å²) in [6.07, 6.45) is 1.23. The van der Waals surface area contributed by atoms with Gasteiger partial charge in [-0.3, -0.25) is 4.79 Å². The maximum absolute atomic E-state index is 12.1. The Morgan fingerprint density at radius 1 is 1.38 bits per heavy atom. The van der Waals surface area contributed by atoms with Gasteiger partial charge in [0.05, 0.1) is 7.11 Å². The van der Waals surface area contributed by atoms with E-state index in [1.165, 1.54) is 0 Å². The van der Waals surface area contributed by atoms with E-state index in [2.05, 4.69) is 13.8 Å². The van der Waals surface area contributed by atoms with E-state index in [1.54, 1.807) is 12.0 Å². The maximum atomic E-state index is 12.1. The molecular formula is C16H27ClN2O2. The molecule has 4 nitrogen and oxygen atoms in total. The number of carbonyl (C=O) groups is 1. The summed E-state index contributed by atoms with van der Waals surface area (Å²) in [5.74, 6) is 0.974. The number of rotatable bonds is 7. The van der Waals surface area contributed by atoms with Gasteiger partial charge in [-0.15, -0.1) is 12.4 Å². The monoisotopic (exact) mass is 314 g/mol. The molecule has 0 bridgehead atoms. The standard InChI is InChI=1S/C16H26N2O2.ClH/c1-16(2,11-17)12-18(3)15(19)9-8-13-6-5-7-14(10-13)20-4;/h5-7,10H,8-9,11-12,17H2,1-4H3;1H. The summed E-state index contributed by atoms with van der Waals surface area (Å²) in [5, 5.41) is 0. The number of aryl methyl sites for hydroxylation is 1. The van der Waals surface area contributed by atoms with E-state index in [0.717, 1.165) is 17.7 Å². The normalized spacial score (nSPS) is 10.7. The van der Waals surface area contributed by atoms with Crippen molar-refractivity contribution in [1.82, 2.24) is 4.90 Å². The lowest BCUT2D eigenvalue weighted by molar-refractivity contribution is -0.131. The van der Waals surface area contributed by atoms with Crippen LogP contribution in [0.1, 0.15) is 25.8 Å². The van der Waals surface area contributed by atoms with Crippen LogP contribution >= 0.6 is 12.4 Å². The molecule has 0 saturated heterocycles. The molecule has 120 valence electrons. The lowest BCUT2D eigenvalue weighted by Crippen LogP contribution is -2.39. The number of methoxy groups -OCH3 is 1. The number of nitrogens with two attached hydrogens (primary N) is 1. The fourth-order valence-corrected chi connectivity index (χ4v) is 2.06. The van der Waals surface area contributed by atoms with Gasteiger partial charge >= 0.3 is 0 Å². The Bertz CT molecular complexity index is 450. The Morgan fingerprint density at radius 3 is 2.62 bits per heavy atom. The van der Waals surface area contributed by atoms with Crippen molar-refractivity contribution >= 4 is 18.3 Å². The highest BCUT2D eigenvalue weighted by Crippen LogP contribution is 2.16. The molecule has 0 spiro atoms. The topological polar surface area (TPSA) is 55.6 Å². The molecule has 0 aliphatic heterocycles. The van der Waals surface area contributed by atoms with Crippen LogP contribution in [0.15, 0.2) is 24.3 Å². The van der Waals surface area contributed by atoms with E-state index in [0.29, 0.717) is 19.5 Å². The van der Waals surface area contributed by atoms with Gasteiger partial charge in [-0.05, 0) is 36.1 Å². The highest BCUT2D eigenvalue weighted by atomic mass is 35.5. The zero-order valence-electron chi connectivity index (χ0n) is 13.4. The van der Waals surface area contributed by atoms with E-state index in [4.69, 9.17) is 10.5 Å². The third-order valence-electron chi connectivity index (χ3n) is 3.41. The van der Waals surface area contributed by atoms with Gasteiger partial charge < -0.3 is 15.4 Å². The Labute approximate surface area is 134 Å². The first-order valence-corrected chi connectivity index (χ1v) is 6.95. The minimum Gasteiger partial charge on any atom is -0.497 e. The average Bonchev–Trinajstić information content (AvgIpc) is 2.44. The van der Waals surface area contributed by atoms with Crippen molar-refractivity contribution in [3.63, 3.8) is 0 Å². The Balaban J connectivity index is 0.00000400. The fraction of sp³-hybridized carbons (Fsp3) is 0.562. The van der Waals surface area contributed by atoms with Gasteiger partial charge in [0.25, 0.3) is 0 Å². The average molecular weight is 315 g/mol. The number of carbonyl (C=O) groups excluding carboxylic acids is 1. The number of amides is 1. The van der Waals surface area contributed by atoms with Crippen LogP contribution in [-0.2, 0) is 11.2 Å². The van der Waals surface area contributed by atoms with E-state index in [9.17, 15) is 4.79 Å². The Morgan fingerprint density at radius 2 is 2.05 bits per heavy atom. The number of nitrogens with zero attached hydrogens (tertiary/aromatic N) is 1. The van der Waals surface area contributed by atoms with Crippen molar-refractivity contribution in [1.29, 1.82) is 0 Å². The first kappa shape index (κ1) is 19.7. The predicted octanol–water partition coefficient (Wildman–Crippen LogP) is 2.49. The molecule has 0 atom stereocenters. The molecule has 0 fully saturated rings. The molecule has 2 N–H and O–H groups in total. The molecule has 0 unspecified atom stereocenters. The second-order valence-electron chi connectivity index (χ2n) is 5.97. The van der Waals surface area contributed by atoms with E-state index < -0.39 is 0 Å². The van der Waals surface area contributed by atoms with Gasteiger partial charge in [-0.25, -0.2) is 0 Å². The SMILES string of the molecule is COc1cccc(CCC(=O)N(C)CC(C)(C)CN)c1.Cl. The summed E-state index contributed by atoms with van der Waals surface area (Å²) in [5.41, 5.74) is 6.77. The van der Waals surface area contributed by atoms with Crippen LogP contribution < -0.4 is 10.5 Å². The molecule has 5 heteroatoms. The van der Waals surface area contributed by atoms with Crippen LogP contribution in [0, 0.1) is 5.41 Å². The van der Waals surface area contributed by atoms with E-state index in [-0.39, 0.29) is 23.7 Å². The summed E-state index contributed by atoms with van der Waals surface area (Å²) in [6.45, 7) is 5.39. The van der Waals surface area contributed by atoms with Gasteiger partial charge in [0.15, 0.2) is 0 Å². The zero-order chi connectivity index (χ0) is 15.2. The van der Waals surface area contributed by atoms with Crippen LogP contribution in [0.5, 0.6) is 5.75 Å². The zero-order valence-corrected chi connectivity index (χ0v) is 14.2. The predicted molar refractivity (Wildman–Crippen MR) is 89.0 cm³/mol. The molecule has 0 aliphatic rings. The second kappa shape index (κ2) is 8.90. The van der Waals surface area contributed by atoms with Crippen molar-refractivity contribution in [3.05, 3.63) is 29.8 Å². The minimum atomic E-state index is -0.0413. The maximum Gasteiger partial charge on any atom is 0.222 e. The summed E-state index contributed by atoms with van der Waals surface area (Å²) in [6, 6.07) is 7.83. The third-order valence-corrected chi connectivity index (χ3v) is 3.41. The molecule has 0 heterocycles. The summed E-state index contributed by atoms with van der Waals surface area (Å²) in [7, 11) is 3.48. The smallest absolute Gasteiger partial charge is 0.222 e. The van der Waals surface area contributed by atoms with Gasteiger partial charge in [-0.2, -0.15) is 0 Å². The molecule has 0 aromatic heterocycles. The lowest BCUT2D eigenvalue weighted by Gasteiger charge is -2.29. The molecule has 0 saturated carbocycles. The summed E-state index contributed by atoms with van der Waals surface area (Å²) >= 11 is 0. The number of halogens is 1. The minimum absolute atomic E-state index is 0. The van der Waals surface area contributed by atoms with Crippen LogP contribution in [-0.4, -0.2) is 38.1 Å². The lowest BCUT2D eigenvalue weighted by atomic mass is 9.93. The number of ether oxygens (including phenoxy) is 1. The Kier molecular flexibility index (Phi) is 8.37. The molecule has 0 radical (unpaired) electrons. The summed E-state index contributed by atoms with van der Waals surface area (Å²) in [4.78, 5) is 13.9. The first-order chi connectivity index (χ1) is 9.38. The highest BCUT2D eigenvalue weighted by Gasteiger charge is 2.20. The first-order valence-electron chi connectivity index (χ1n) is 6.95. The third kappa shape index (κ3) is 6.82. The van der Waals surface area contributed by atoms with Crippen LogP contribution in [0.3, 0.4) is 0 Å². The number of hydrogen-bond acceptors (Lipinski definition) is 3. The quantitative estimate of drug-likeness (QED) is 0.841. The summed E-state index contributed by atoms with van der Waals surface area (Å²) < 4.78 is 5.18. The van der Waals surface area contributed by atoms with Crippen LogP contribution in [0.25, 0.3) is 0 Å². The molecule has 21 heavy (non-hydrogen) atoms. The molecule has 1 aromatic rings. The van der Waals surface area contributed by atoms with Gasteiger partial charge in [-0.1, -0.05) is 26.0 Å². The van der Waals surface area contributed by atoms with Crippen LogP contribution in [0.2, 0.25) is 0 Å². The Hall–Kier alpha value is -1.26. The largest absolute Gasteiger partial charge is 0.497 e. The van der Waals surface area contributed by atoms with Crippen molar-refractivity contribution in [3.8, 4) is 5.75 Å². The van der Waals surface area contributed by atoms with Crippen molar-refractivity contribution in [2.45, 2.75) is 26.7 Å². The fourth-order valence-electron chi connectivity index (χ4n) is 2.06. The molecule has 0 aliphatic carbocycles.